The van der Waals surface area contributed by atoms with Gasteiger partial charge in [0.1, 0.15) is 0 Å². The second-order valence-corrected chi connectivity index (χ2v) is 4.58. The lowest BCUT2D eigenvalue weighted by Crippen LogP contribution is -2.31. The summed E-state index contributed by atoms with van der Waals surface area (Å²) in [6.07, 6.45) is 3.66. The van der Waals surface area contributed by atoms with E-state index in [1.807, 2.05) is 18.2 Å². The van der Waals surface area contributed by atoms with E-state index in [-0.39, 0.29) is 5.91 Å². The molecule has 1 aromatic carbocycles. The topological polar surface area (TPSA) is 58.4 Å². The molecule has 0 aliphatic carbocycles. The van der Waals surface area contributed by atoms with Crippen LogP contribution in [0.2, 0.25) is 0 Å². The van der Waals surface area contributed by atoms with Crippen LogP contribution < -0.4 is 11.3 Å². The van der Waals surface area contributed by atoms with Crippen molar-refractivity contribution in [2.45, 2.75) is 32.7 Å². The number of nitrogens with one attached hydrogen (secondary N) is 1. The molecule has 0 aliphatic heterocycles. The Labute approximate surface area is 109 Å². The Morgan fingerprint density at radius 3 is 2.72 bits per heavy atom. The molecule has 0 heterocycles. The Morgan fingerprint density at radius 2 is 2.06 bits per heavy atom. The first-order valence-electron chi connectivity index (χ1n) is 6.46. The summed E-state index contributed by atoms with van der Waals surface area (Å²) >= 11 is 0. The van der Waals surface area contributed by atoms with Crippen LogP contribution in [-0.4, -0.2) is 24.4 Å². The van der Waals surface area contributed by atoms with Crippen molar-refractivity contribution in [3.05, 3.63) is 35.4 Å². The molecule has 1 rings (SSSR count). The number of unbranched alkanes of at least 4 members (excludes halogenated alkanes) is 2. The molecular weight excluding hydrogens is 226 g/mol. The summed E-state index contributed by atoms with van der Waals surface area (Å²) in [5.41, 5.74) is 3.86. The lowest BCUT2D eigenvalue weighted by atomic mass is 10.1. The second kappa shape index (κ2) is 7.84. The fraction of sp³-hybridized carbons (Fsp3) is 0.500. The van der Waals surface area contributed by atoms with Crippen LogP contribution in [0.15, 0.2) is 24.3 Å². The highest BCUT2D eigenvalue weighted by Gasteiger charge is 2.10. The average molecular weight is 249 g/mol. The molecule has 0 aromatic heterocycles. The van der Waals surface area contributed by atoms with Crippen molar-refractivity contribution in [1.29, 1.82) is 0 Å². The molecule has 4 heteroatoms. The van der Waals surface area contributed by atoms with Gasteiger partial charge in [0.25, 0.3) is 5.91 Å². The Bertz CT molecular complexity index is 379. The van der Waals surface area contributed by atoms with Crippen LogP contribution in [0.3, 0.4) is 0 Å². The van der Waals surface area contributed by atoms with Crippen molar-refractivity contribution in [1.82, 2.24) is 10.3 Å². The van der Waals surface area contributed by atoms with Gasteiger partial charge in [-0.05, 0) is 31.6 Å². The van der Waals surface area contributed by atoms with Gasteiger partial charge in [-0.3, -0.25) is 10.2 Å². The quantitative estimate of drug-likeness (QED) is 0.336. The summed E-state index contributed by atoms with van der Waals surface area (Å²) < 4.78 is 0. The molecule has 0 saturated carbocycles. The lowest BCUT2D eigenvalue weighted by molar-refractivity contribution is 0.0952. The normalized spacial score (nSPS) is 10.7. The minimum Gasteiger partial charge on any atom is -0.302 e. The highest BCUT2D eigenvalue weighted by Crippen LogP contribution is 2.11. The summed E-state index contributed by atoms with van der Waals surface area (Å²) in [6, 6.07) is 7.58. The largest absolute Gasteiger partial charge is 0.302 e. The van der Waals surface area contributed by atoms with Gasteiger partial charge < -0.3 is 4.90 Å². The first-order valence-corrected chi connectivity index (χ1v) is 6.46. The maximum absolute atomic E-state index is 11.6. The van der Waals surface area contributed by atoms with Crippen molar-refractivity contribution in [3.63, 3.8) is 0 Å². The zero-order chi connectivity index (χ0) is 13.4. The van der Waals surface area contributed by atoms with E-state index in [4.69, 9.17) is 5.84 Å². The molecular formula is C14H23N3O. The van der Waals surface area contributed by atoms with Crippen LogP contribution >= 0.6 is 0 Å². The van der Waals surface area contributed by atoms with Crippen molar-refractivity contribution in [2.75, 3.05) is 13.6 Å². The number of nitrogens with zero attached hydrogens (tertiary/aromatic N) is 1. The maximum atomic E-state index is 11.6. The fourth-order valence-corrected chi connectivity index (χ4v) is 1.96. The number of rotatable bonds is 7. The molecule has 1 aromatic rings. The van der Waals surface area contributed by atoms with Gasteiger partial charge in [0, 0.05) is 12.1 Å². The third kappa shape index (κ3) is 4.47. The van der Waals surface area contributed by atoms with Crippen LogP contribution in [0.25, 0.3) is 0 Å². The number of nitrogen functional groups attached to an aromatic ring is 1. The van der Waals surface area contributed by atoms with Gasteiger partial charge in [0.05, 0.1) is 0 Å². The van der Waals surface area contributed by atoms with Crippen molar-refractivity contribution < 1.29 is 4.79 Å². The van der Waals surface area contributed by atoms with E-state index in [0.29, 0.717) is 5.56 Å². The van der Waals surface area contributed by atoms with Crippen LogP contribution in [0.5, 0.6) is 0 Å². The molecule has 0 radical (unpaired) electrons. The highest BCUT2D eigenvalue weighted by atomic mass is 16.2. The highest BCUT2D eigenvalue weighted by molar-refractivity contribution is 5.95. The van der Waals surface area contributed by atoms with Gasteiger partial charge in [0.15, 0.2) is 0 Å². The predicted octanol–water partition coefficient (Wildman–Crippen LogP) is 1.91. The van der Waals surface area contributed by atoms with E-state index >= 15 is 0 Å². The van der Waals surface area contributed by atoms with E-state index in [9.17, 15) is 4.79 Å². The molecule has 0 saturated heterocycles. The standard InChI is InChI=1S/C14H23N3O/c1-3-4-7-10-17(2)11-12-8-5-6-9-13(12)14(18)16-15/h5-6,8-9H,3-4,7,10-11,15H2,1-2H3,(H,16,18). The number of amides is 1. The first-order chi connectivity index (χ1) is 8.69. The van der Waals surface area contributed by atoms with Gasteiger partial charge in [-0.2, -0.15) is 0 Å². The minimum absolute atomic E-state index is 0.229. The number of hydrogen-bond donors (Lipinski definition) is 2. The van der Waals surface area contributed by atoms with E-state index in [1.165, 1.54) is 19.3 Å². The molecule has 0 unspecified atom stereocenters. The number of carbonyl (C=O) groups is 1. The number of hydrogen-bond acceptors (Lipinski definition) is 3. The smallest absolute Gasteiger partial charge is 0.265 e. The number of carbonyl (C=O) groups excluding carboxylic acids is 1. The van der Waals surface area contributed by atoms with Crippen LogP contribution in [0.1, 0.15) is 42.1 Å². The Hall–Kier alpha value is -1.39. The fourth-order valence-electron chi connectivity index (χ4n) is 1.96. The zero-order valence-electron chi connectivity index (χ0n) is 11.3. The Morgan fingerprint density at radius 1 is 1.33 bits per heavy atom. The lowest BCUT2D eigenvalue weighted by Gasteiger charge is -2.18. The molecule has 100 valence electrons. The average Bonchev–Trinajstić information content (AvgIpc) is 2.39. The third-order valence-corrected chi connectivity index (χ3v) is 2.98. The van der Waals surface area contributed by atoms with Crippen LogP contribution in [-0.2, 0) is 6.54 Å². The number of benzene rings is 1. The van der Waals surface area contributed by atoms with E-state index in [1.54, 1.807) is 6.07 Å². The number of nitrogens with two attached hydrogens (primary N) is 1. The molecule has 18 heavy (non-hydrogen) atoms. The first kappa shape index (κ1) is 14.7. The van der Waals surface area contributed by atoms with Crippen molar-refractivity contribution in [2.24, 2.45) is 5.84 Å². The molecule has 0 bridgehead atoms. The molecule has 4 nitrogen and oxygen atoms in total. The van der Waals surface area contributed by atoms with Crippen LogP contribution in [0.4, 0.5) is 0 Å². The SMILES string of the molecule is CCCCCN(C)Cc1ccccc1C(=O)NN. The molecule has 3 N–H and O–H groups in total. The van der Waals surface area contributed by atoms with Gasteiger partial charge in [-0.1, -0.05) is 38.0 Å². The molecule has 0 atom stereocenters. The van der Waals surface area contributed by atoms with E-state index in [0.717, 1.165) is 18.7 Å². The van der Waals surface area contributed by atoms with Gasteiger partial charge in [0.2, 0.25) is 0 Å². The third-order valence-electron chi connectivity index (χ3n) is 2.98. The summed E-state index contributed by atoms with van der Waals surface area (Å²) in [7, 11) is 2.08. The van der Waals surface area contributed by atoms with Gasteiger partial charge in [-0.15, -0.1) is 0 Å². The van der Waals surface area contributed by atoms with Gasteiger partial charge in [-0.25, -0.2) is 5.84 Å². The van der Waals surface area contributed by atoms with Crippen LogP contribution in [0, 0.1) is 0 Å². The monoisotopic (exact) mass is 249 g/mol. The summed E-state index contributed by atoms with van der Waals surface area (Å²) in [4.78, 5) is 13.9. The van der Waals surface area contributed by atoms with Crippen molar-refractivity contribution in [3.8, 4) is 0 Å². The molecule has 0 spiro atoms. The summed E-state index contributed by atoms with van der Waals surface area (Å²) in [6.45, 7) is 4.01. The number of hydrazine groups is 1. The Kier molecular flexibility index (Phi) is 6.39. The predicted molar refractivity (Wildman–Crippen MR) is 74.0 cm³/mol. The zero-order valence-corrected chi connectivity index (χ0v) is 11.3. The van der Waals surface area contributed by atoms with Crippen molar-refractivity contribution >= 4 is 5.91 Å². The maximum Gasteiger partial charge on any atom is 0.265 e. The van der Waals surface area contributed by atoms with E-state index < -0.39 is 0 Å². The molecule has 0 aliphatic rings. The minimum atomic E-state index is -0.229. The second-order valence-electron chi connectivity index (χ2n) is 4.58. The Balaban J connectivity index is 2.63. The van der Waals surface area contributed by atoms with Gasteiger partial charge >= 0.3 is 0 Å². The molecule has 1 amide bonds. The summed E-state index contributed by atoms with van der Waals surface area (Å²) in [5.74, 6) is 4.96. The molecule has 0 fully saturated rings. The van der Waals surface area contributed by atoms with E-state index in [2.05, 4.69) is 24.3 Å². The summed E-state index contributed by atoms with van der Waals surface area (Å²) in [5, 5.41) is 0.